The number of allylic oxidation sites excluding steroid dienone is 1. The fraction of sp³-hybridized carbons (Fsp3) is 0.109. The summed E-state index contributed by atoms with van der Waals surface area (Å²) in [7, 11) is 0. The maximum atomic E-state index is 6.46. The van der Waals surface area contributed by atoms with E-state index < -0.39 is 0 Å². The minimum Gasteiger partial charge on any atom is -0.460 e. The Morgan fingerprint density at radius 3 is 2.12 bits per heavy atom. The third-order valence-corrected chi connectivity index (χ3v) is 13.2. The average molecular weight is 708 g/mol. The van der Waals surface area contributed by atoms with Crippen LogP contribution in [-0.2, 0) is 6.42 Å². The van der Waals surface area contributed by atoms with E-state index in [0.717, 1.165) is 45.7 Å². The molecule has 0 spiro atoms. The van der Waals surface area contributed by atoms with Crippen LogP contribution in [0.1, 0.15) is 47.3 Å². The predicted octanol–water partition coefficient (Wildman–Crippen LogP) is 12.4. The smallest absolute Gasteiger partial charge is 0.135 e. The van der Waals surface area contributed by atoms with Crippen LogP contribution in [0.4, 0.5) is 0 Å². The van der Waals surface area contributed by atoms with E-state index in [-0.39, 0.29) is 12.3 Å². The van der Waals surface area contributed by atoms with E-state index in [1.807, 2.05) is 22.7 Å². The molecule has 1 aliphatic carbocycles. The van der Waals surface area contributed by atoms with Crippen LogP contribution in [0, 0.1) is 5.92 Å². The number of fused-ring (bicyclic) bond motifs is 9. The molecule has 11 rings (SSSR count). The number of amidine groups is 1. The van der Waals surface area contributed by atoms with Crippen LogP contribution in [0.25, 0.3) is 68.5 Å². The largest absolute Gasteiger partial charge is 0.460 e. The van der Waals surface area contributed by atoms with Gasteiger partial charge in [-0.2, -0.15) is 0 Å². The highest BCUT2D eigenvalue weighted by Gasteiger charge is 2.30. The minimum atomic E-state index is -0.287. The highest BCUT2D eigenvalue weighted by molar-refractivity contribution is 7.27. The van der Waals surface area contributed by atoms with Crippen LogP contribution in [-0.4, -0.2) is 5.84 Å². The Morgan fingerprint density at radius 1 is 0.654 bits per heavy atom. The zero-order valence-corrected chi connectivity index (χ0v) is 30.0. The summed E-state index contributed by atoms with van der Waals surface area (Å²) in [5.41, 5.74) is 8.08. The molecule has 6 heteroatoms. The Labute approximate surface area is 308 Å². The molecule has 0 saturated heterocycles. The van der Waals surface area contributed by atoms with Gasteiger partial charge in [-0.15, -0.1) is 22.7 Å². The number of hydrogen-bond acceptors (Lipinski definition) is 6. The lowest BCUT2D eigenvalue weighted by Crippen LogP contribution is -2.45. The van der Waals surface area contributed by atoms with Gasteiger partial charge in [-0.1, -0.05) is 128 Å². The molecule has 0 radical (unpaired) electrons. The second-order valence-corrected chi connectivity index (χ2v) is 16.1. The lowest BCUT2D eigenvalue weighted by Gasteiger charge is -2.32. The highest BCUT2D eigenvalue weighted by atomic mass is 32.1. The molecule has 9 aromatic rings. The number of aliphatic imine (C=N–C) groups is 1. The molecule has 0 saturated carbocycles. The average Bonchev–Trinajstić information content (AvgIpc) is 3.89. The van der Waals surface area contributed by atoms with Crippen LogP contribution in [0.5, 0.6) is 0 Å². The van der Waals surface area contributed by atoms with Crippen molar-refractivity contribution < 1.29 is 4.42 Å². The molecule has 250 valence electrons. The maximum absolute atomic E-state index is 6.46. The number of rotatable bonds is 4. The Morgan fingerprint density at radius 2 is 1.31 bits per heavy atom. The van der Waals surface area contributed by atoms with Crippen molar-refractivity contribution in [2.45, 2.75) is 25.7 Å². The van der Waals surface area contributed by atoms with Crippen molar-refractivity contribution >= 4 is 85.9 Å². The first kappa shape index (κ1) is 30.1. The van der Waals surface area contributed by atoms with Gasteiger partial charge in [0.2, 0.25) is 0 Å². The minimum absolute atomic E-state index is 0.141. The first-order valence-corrected chi connectivity index (χ1v) is 19.5. The Hall–Kier alpha value is -5.53. The number of hydrogen-bond donors (Lipinski definition) is 2. The molecule has 3 atom stereocenters. The van der Waals surface area contributed by atoms with Crippen molar-refractivity contribution in [3.63, 3.8) is 0 Å². The predicted molar refractivity (Wildman–Crippen MR) is 221 cm³/mol. The van der Waals surface area contributed by atoms with Crippen molar-refractivity contribution in [1.29, 1.82) is 0 Å². The molecule has 3 unspecified atom stereocenters. The third-order valence-electron chi connectivity index (χ3n) is 10.7. The van der Waals surface area contributed by atoms with Crippen molar-refractivity contribution in [3.8, 4) is 11.1 Å². The molecule has 1 aliphatic heterocycles. The first-order valence-electron chi connectivity index (χ1n) is 17.9. The standard InChI is InChI=1S/C46H33N3OS2/c1-26-23-24-34-38(25-26)50-37-21-10-19-35(40(34)37)45-47-44(27-11-3-2-4-12-27)48-46(49-45)36-20-9-18-33-32-17-8-16-31(42(32)52-43(33)36)30-15-7-14-29-28-13-5-6-22-39(28)51-41(29)30/h2-24,26,44-45,47H,25H2,1H3,(H,48,49). The maximum Gasteiger partial charge on any atom is 0.135 e. The fourth-order valence-corrected chi connectivity index (χ4v) is 10.8. The second kappa shape index (κ2) is 11.8. The monoisotopic (exact) mass is 707 g/mol. The molecule has 4 heterocycles. The van der Waals surface area contributed by atoms with E-state index in [4.69, 9.17) is 9.41 Å². The van der Waals surface area contributed by atoms with Crippen LogP contribution >= 0.6 is 22.7 Å². The summed E-state index contributed by atoms with van der Waals surface area (Å²) >= 11 is 3.76. The summed E-state index contributed by atoms with van der Waals surface area (Å²) in [6.45, 7) is 2.24. The van der Waals surface area contributed by atoms with Gasteiger partial charge in [0.05, 0.1) is 0 Å². The quantitative estimate of drug-likeness (QED) is 0.191. The summed E-state index contributed by atoms with van der Waals surface area (Å²) in [6, 6.07) is 46.0. The van der Waals surface area contributed by atoms with Crippen molar-refractivity contribution in [2.24, 2.45) is 10.9 Å². The SMILES string of the molecule is CC1C=Cc2c(oc3cccc(C4N=C(c5cccc6c5sc5c(-c7cccc8c7sc7ccccc78)cccc56)NC(c5ccccc5)N4)c23)C1. The van der Waals surface area contributed by atoms with Crippen LogP contribution in [0.15, 0.2) is 143 Å². The molecule has 0 fully saturated rings. The number of benzene rings is 6. The zero-order valence-electron chi connectivity index (χ0n) is 28.4. The molecule has 4 nitrogen and oxygen atoms in total. The number of furan rings is 1. The number of nitrogens with one attached hydrogen (secondary N) is 2. The molecule has 3 aromatic heterocycles. The topological polar surface area (TPSA) is 49.6 Å². The Balaban J connectivity index is 1.10. The third kappa shape index (κ3) is 4.65. The Kier molecular flexibility index (Phi) is 6.81. The lowest BCUT2D eigenvalue weighted by atomic mass is 9.93. The van der Waals surface area contributed by atoms with Gasteiger partial charge in [-0.05, 0) is 29.7 Å². The molecule has 0 bridgehead atoms. The number of thiophene rings is 2. The first-order chi connectivity index (χ1) is 25.7. The van der Waals surface area contributed by atoms with Gasteiger partial charge in [-0.3, -0.25) is 5.32 Å². The van der Waals surface area contributed by atoms with Gasteiger partial charge in [0.25, 0.3) is 0 Å². The van der Waals surface area contributed by atoms with Crippen molar-refractivity contribution in [3.05, 3.63) is 161 Å². The van der Waals surface area contributed by atoms with Gasteiger partial charge in [-0.25, -0.2) is 4.99 Å². The molecule has 52 heavy (non-hydrogen) atoms. The molecular formula is C46H33N3OS2. The summed E-state index contributed by atoms with van der Waals surface area (Å²) in [4.78, 5) is 5.49. The molecule has 6 aromatic carbocycles. The van der Waals surface area contributed by atoms with Gasteiger partial charge >= 0.3 is 0 Å². The molecule has 0 amide bonds. The summed E-state index contributed by atoms with van der Waals surface area (Å²) in [5, 5.41) is 14.0. The van der Waals surface area contributed by atoms with E-state index in [1.54, 1.807) is 0 Å². The number of nitrogens with zero attached hydrogens (tertiary/aromatic N) is 1. The summed E-state index contributed by atoms with van der Waals surface area (Å²) in [6.07, 6.45) is 5.02. The van der Waals surface area contributed by atoms with E-state index >= 15 is 0 Å². The van der Waals surface area contributed by atoms with Crippen LogP contribution < -0.4 is 10.6 Å². The van der Waals surface area contributed by atoms with Gasteiger partial charge in [0.15, 0.2) is 0 Å². The van der Waals surface area contributed by atoms with Crippen molar-refractivity contribution in [2.75, 3.05) is 0 Å². The zero-order chi connectivity index (χ0) is 34.3. The van der Waals surface area contributed by atoms with Gasteiger partial charge < -0.3 is 9.73 Å². The van der Waals surface area contributed by atoms with Crippen molar-refractivity contribution in [1.82, 2.24) is 10.6 Å². The normalized spacial score (nSPS) is 18.7. The summed E-state index contributed by atoms with van der Waals surface area (Å²) in [5.74, 6) is 2.41. The van der Waals surface area contributed by atoms with Crippen LogP contribution in [0.2, 0.25) is 0 Å². The second-order valence-electron chi connectivity index (χ2n) is 14.0. The van der Waals surface area contributed by atoms with E-state index in [2.05, 4.69) is 157 Å². The summed E-state index contributed by atoms with van der Waals surface area (Å²) < 4.78 is 11.7. The van der Waals surface area contributed by atoms with Gasteiger partial charge in [0.1, 0.15) is 29.5 Å². The Bertz CT molecular complexity index is 2930. The molecule has 2 N–H and O–H groups in total. The lowest BCUT2D eigenvalue weighted by molar-refractivity contribution is 0.410. The van der Waals surface area contributed by atoms with E-state index in [0.29, 0.717) is 5.92 Å². The fourth-order valence-electron chi connectivity index (χ4n) is 8.27. The van der Waals surface area contributed by atoms with Gasteiger partial charge in [0, 0.05) is 80.0 Å². The van der Waals surface area contributed by atoms with E-state index in [9.17, 15) is 0 Å². The molecular weight excluding hydrogens is 675 g/mol. The van der Waals surface area contributed by atoms with E-state index in [1.165, 1.54) is 57.0 Å². The van der Waals surface area contributed by atoms with Crippen LogP contribution in [0.3, 0.4) is 0 Å². The highest BCUT2D eigenvalue weighted by Crippen LogP contribution is 2.46. The molecule has 2 aliphatic rings.